The van der Waals surface area contributed by atoms with Gasteiger partial charge in [0.2, 0.25) is 21.8 Å². The molecule has 0 aromatic heterocycles. The number of nitrogens with one attached hydrogen (secondary N) is 1. The monoisotopic (exact) mass is 545 g/mol. The second-order valence-corrected chi connectivity index (χ2v) is 11.5. The number of ether oxygens (including phenoxy) is 2. The van der Waals surface area contributed by atoms with Crippen molar-refractivity contribution in [2.24, 2.45) is 0 Å². The van der Waals surface area contributed by atoms with Gasteiger partial charge in [0.05, 0.1) is 25.7 Å². The van der Waals surface area contributed by atoms with Crippen LogP contribution < -0.4 is 19.1 Å². The molecule has 1 fully saturated rings. The highest BCUT2D eigenvalue weighted by molar-refractivity contribution is 7.92. The molecule has 10 heteroatoms. The number of carbonyl (C=O) groups is 2. The average molecular weight is 546 g/mol. The molecule has 1 aliphatic rings. The first-order valence-corrected chi connectivity index (χ1v) is 14.9. The van der Waals surface area contributed by atoms with Crippen molar-refractivity contribution in [1.29, 1.82) is 0 Å². The third-order valence-electron chi connectivity index (χ3n) is 6.75. The van der Waals surface area contributed by atoms with Gasteiger partial charge in [-0.15, -0.1) is 0 Å². The molecule has 0 saturated heterocycles. The van der Waals surface area contributed by atoms with Crippen LogP contribution in [0.2, 0.25) is 0 Å². The summed E-state index contributed by atoms with van der Waals surface area (Å²) in [4.78, 5) is 28.4. The van der Waals surface area contributed by atoms with Gasteiger partial charge in [-0.1, -0.05) is 31.4 Å². The molecule has 0 radical (unpaired) electrons. The van der Waals surface area contributed by atoms with Gasteiger partial charge in [-0.2, -0.15) is 0 Å². The summed E-state index contributed by atoms with van der Waals surface area (Å²) in [6.45, 7) is 3.72. The maximum Gasteiger partial charge on any atom is 0.244 e. The number of amides is 2. The molecule has 2 aromatic rings. The zero-order chi connectivity index (χ0) is 27.7. The van der Waals surface area contributed by atoms with Gasteiger partial charge in [0, 0.05) is 12.6 Å². The zero-order valence-corrected chi connectivity index (χ0v) is 23.5. The number of hydrogen-bond acceptors (Lipinski definition) is 6. The molecular weight excluding hydrogens is 506 g/mol. The van der Waals surface area contributed by atoms with E-state index in [0.717, 1.165) is 48.2 Å². The van der Waals surface area contributed by atoms with E-state index < -0.39 is 28.5 Å². The molecule has 0 aliphatic heterocycles. The number of benzene rings is 2. The summed E-state index contributed by atoms with van der Waals surface area (Å²) in [6, 6.07) is 13.0. The molecule has 0 bridgehead atoms. The topological polar surface area (TPSA) is 105 Å². The molecule has 2 amide bonds. The summed E-state index contributed by atoms with van der Waals surface area (Å²) >= 11 is 0. The Morgan fingerprint density at radius 2 is 1.61 bits per heavy atom. The van der Waals surface area contributed by atoms with Crippen molar-refractivity contribution in [2.45, 2.75) is 64.6 Å². The molecular formula is C28H39N3O6S. The van der Waals surface area contributed by atoms with Crippen molar-refractivity contribution in [3.8, 4) is 11.5 Å². The van der Waals surface area contributed by atoms with Crippen molar-refractivity contribution in [3.63, 3.8) is 0 Å². The van der Waals surface area contributed by atoms with Crippen LogP contribution in [0.4, 0.5) is 5.69 Å². The van der Waals surface area contributed by atoms with Gasteiger partial charge in [0.1, 0.15) is 24.1 Å². The molecule has 0 heterocycles. The van der Waals surface area contributed by atoms with E-state index in [0.29, 0.717) is 23.8 Å². The van der Waals surface area contributed by atoms with Crippen molar-refractivity contribution in [3.05, 3.63) is 54.1 Å². The molecule has 2 aromatic carbocycles. The Hall–Kier alpha value is -3.27. The lowest BCUT2D eigenvalue weighted by atomic mass is 9.95. The minimum absolute atomic E-state index is 0.0908. The minimum atomic E-state index is -3.79. The first-order chi connectivity index (χ1) is 18.1. The van der Waals surface area contributed by atoms with Gasteiger partial charge in [-0.05, 0) is 68.7 Å². The van der Waals surface area contributed by atoms with Gasteiger partial charge in [0.25, 0.3) is 0 Å². The molecule has 1 N–H and O–H groups in total. The van der Waals surface area contributed by atoms with E-state index >= 15 is 0 Å². The summed E-state index contributed by atoms with van der Waals surface area (Å²) in [5.74, 6) is 0.552. The summed E-state index contributed by atoms with van der Waals surface area (Å²) in [6.07, 6.45) is 6.20. The Labute approximate surface area is 226 Å². The van der Waals surface area contributed by atoms with E-state index in [4.69, 9.17) is 9.47 Å². The van der Waals surface area contributed by atoms with Crippen LogP contribution in [0.5, 0.6) is 11.5 Å². The molecule has 1 saturated carbocycles. The SMILES string of the molecule is CCOc1ccc(N(CC(=O)N(Cc2ccc(OC)cc2)[C@@H](C)C(=O)NC2CCCCC2)S(C)(=O)=O)cc1. The van der Waals surface area contributed by atoms with E-state index in [1.54, 1.807) is 50.4 Å². The lowest BCUT2D eigenvalue weighted by Gasteiger charge is -2.33. The van der Waals surface area contributed by atoms with Crippen LogP contribution in [0, 0.1) is 0 Å². The predicted molar refractivity (Wildman–Crippen MR) is 148 cm³/mol. The number of methoxy groups -OCH3 is 1. The first kappa shape index (κ1) is 29.3. The van der Waals surface area contributed by atoms with Gasteiger partial charge in [-0.25, -0.2) is 8.42 Å². The number of nitrogens with zero attached hydrogens (tertiary/aromatic N) is 2. The second kappa shape index (κ2) is 13.5. The van der Waals surface area contributed by atoms with Crippen LogP contribution in [0.15, 0.2) is 48.5 Å². The largest absolute Gasteiger partial charge is 0.497 e. The Balaban J connectivity index is 1.85. The fraction of sp³-hybridized carbons (Fsp3) is 0.500. The van der Waals surface area contributed by atoms with Crippen LogP contribution in [0.1, 0.15) is 51.5 Å². The second-order valence-electron chi connectivity index (χ2n) is 9.59. The molecule has 0 spiro atoms. The van der Waals surface area contributed by atoms with E-state index in [9.17, 15) is 18.0 Å². The summed E-state index contributed by atoms with van der Waals surface area (Å²) in [7, 11) is -2.22. The van der Waals surface area contributed by atoms with E-state index in [2.05, 4.69) is 5.32 Å². The highest BCUT2D eigenvalue weighted by Gasteiger charge is 2.31. The third-order valence-corrected chi connectivity index (χ3v) is 7.89. The van der Waals surface area contributed by atoms with E-state index in [-0.39, 0.29) is 18.5 Å². The number of anilines is 1. The van der Waals surface area contributed by atoms with Crippen LogP contribution in [0.25, 0.3) is 0 Å². The molecule has 3 rings (SSSR count). The maximum atomic E-state index is 13.7. The van der Waals surface area contributed by atoms with Crippen molar-refractivity contribution >= 4 is 27.5 Å². The van der Waals surface area contributed by atoms with Gasteiger partial charge in [-0.3, -0.25) is 13.9 Å². The highest BCUT2D eigenvalue weighted by Crippen LogP contribution is 2.23. The van der Waals surface area contributed by atoms with Crippen molar-refractivity contribution < 1.29 is 27.5 Å². The van der Waals surface area contributed by atoms with Crippen molar-refractivity contribution in [2.75, 3.05) is 30.8 Å². The van der Waals surface area contributed by atoms with Crippen LogP contribution in [0.3, 0.4) is 0 Å². The molecule has 208 valence electrons. The Kier molecular flexibility index (Phi) is 10.4. The standard InChI is InChI=1S/C28H39N3O6S/c1-5-37-26-17-13-24(14-18-26)31(38(4,34)35)20-27(32)30(19-22-11-15-25(36-3)16-12-22)21(2)28(33)29-23-9-7-6-8-10-23/h11-18,21,23H,5-10,19-20H2,1-4H3,(H,29,33)/t21-/m0/s1. The maximum absolute atomic E-state index is 13.7. The molecule has 9 nitrogen and oxygen atoms in total. The lowest BCUT2D eigenvalue weighted by molar-refractivity contribution is -0.139. The Morgan fingerprint density at radius 1 is 1.00 bits per heavy atom. The van der Waals surface area contributed by atoms with Gasteiger partial charge < -0.3 is 19.7 Å². The smallest absolute Gasteiger partial charge is 0.244 e. The molecule has 1 atom stereocenters. The summed E-state index contributed by atoms with van der Waals surface area (Å²) < 4.78 is 37.2. The number of sulfonamides is 1. The third kappa shape index (κ3) is 8.11. The number of rotatable bonds is 12. The predicted octanol–water partition coefficient (Wildman–Crippen LogP) is 3.73. The molecule has 38 heavy (non-hydrogen) atoms. The van der Waals surface area contributed by atoms with Gasteiger partial charge in [0.15, 0.2) is 0 Å². The highest BCUT2D eigenvalue weighted by atomic mass is 32.2. The molecule has 0 unspecified atom stereocenters. The summed E-state index contributed by atoms with van der Waals surface area (Å²) in [5.41, 5.74) is 1.14. The number of hydrogen-bond donors (Lipinski definition) is 1. The average Bonchev–Trinajstić information content (AvgIpc) is 2.91. The quantitative estimate of drug-likeness (QED) is 0.436. The number of carbonyl (C=O) groups excluding carboxylic acids is 2. The van der Waals surface area contributed by atoms with E-state index in [1.165, 1.54) is 4.90 Å². The van der Waals surface area contributed by atoms with Crippen LogP contribution in [-0.4, -0.2) is 63.7 Å². The Bertz CT molecular complexity index is 1160. The normalized spacial score (nSPS) is 14.8. The fourth-order valence-corrected chi connectivity index (χ4v) is 5.42. The summed E-state index contributed by atoms with van der Waals surface area (Å²) in [5, 5.41) is 3.09. The van der Waals surface area contributed by atoms with Crippen LogP contribution in [-0.2, 0) is 26.2 Å². The Morgan fingerprint density at radius 3 is 2.16 bits per heavy atom. The zero-order valence-electron chi connectivity index (χ0n) is 22.7. The van der Waals surface area contributed by atoms with Crippen LogP contribution >= 0.6 is 0 Å². The minimum Gasteiger partial charge on any atom is -0.497 e. The van der Waals surface area contributed by atoms with Gasteiger partial charge >= 0.3 is 0 Å². The first-order valence-electron chi connectivity index (χ1n) is 13.1. The van der Waals surface area contributed by atoms with E-state index in [1.807, 2.05) is 19.1 Å². The fourth-order valence-electron chi connectivity index (χ4n) is 4.57. The molecule has 1 aliphatic carbocycles. The lowest BCUT2D eigenvalue weighted by Crippen LogP contribution is -2.52. The van der Waals surface area contributed by atoms with Crippen molar-refractivity contribution in [1.82, 2.24) is 10.2 Å².